The molecule has 0 aliphatic rings. The topological polar surface area (TPSA) is 72.8 Å². The molecule has 1 N–H and O–H groups in total. The molecular formula is C26H20O5S. The molecule has 3 aromatic carbocycles. The number of hydrogen-bond donors (Lipinski definition) is 1. The number of aromatic carboxylic acids is 1. The van der Waals surface area contributed by atoms with E-state index in [1.165, 1.54) is 30.3 Å². The predicted molar refractivity (Wildman–Crippen MR) is 127 cm³/mol. The van der Waals surface area contributed by atoms with Crippen LogP contribution in [0, 0.1) is 0 Å². The first-order valence-corrected chi connectivity index (χ1v) is 10.6. The lowest BCUT2D eigenvalue weighted by Crippen LogP contribution is -1.99. The Balaban J connectivity index is 1.76. The third kappa shape index (κ3) is 4.26. The highest BCUT2D eigenvalue weighted by atomic mass is 32.1. The maximum Gasteiger partial charge on any atom is 0.335 e. The lowest BCUT2D eigenvalue weighted by Gasteiger charge is -2.13. The summed E-state index contributed by atoms with van der Waals surface area (Å²) in [6, 6.07) is 19.8. The molecule has 0 atom stereocenters. The molecule has 0 saturated carbocycles. The van der Waals surface area contributed by atoms with E-state index in [1.807, 2.05) is 18.2 Å². The van der Waals surface area contributed by atoms with Crippen LogP contribution in [0.1, 0.15) is 26.3 Å². The fourth-order valence-corrected chi connectivity index (χ4v) is 4.50. The van der Waals surface area contributed by atoms with Gasteiger partial charge in [-0.05, 0) is 47.9 Å². The second-order valence-corrected chi connectivity index (χ2v) is 8.10. The molecule has 0 spiro atoms. The van der Waals surface area contributed by atoms with E-state index in [2.05, 4.69) is 18.2 Å². The summed E-state index contributed by atoms with van der Waals surface area (Å²) in [5.74, 6) is -0.0262. The maximum atomic E-state index is 12.7. The summed E-state index contributed by atoms with van der Waals surface area (Å²) < 4.78 is 12.2. The van der Waals surface area contributed by atoms with Gasteiger partial charge in [0, 0.05) is 32.3 Å². The molecule has 4 aromatic rings. The molecule has 0 saturated heterocycles. The van der Waals surface area contributed by atoms with E-state index in [4.69, 9.17) is 14.6 Å². The monoisotopic (exact) mass is 444 g/mol. The molecule has 0 amide bonds. The fraction of sp³-hybridized carbons (Fsp3) is 0.0769. The van der Waals surface area contributed by atoms with Crippen LogP contribution in [0.25, 0.3) is 26.6 Å². The van der Waals surface area contributed by atoms with Crippen LogP contribution < -0.4 is 9.47 Å². The zero-order valence-electron chi connectivity index (χ0n) is 17.5. The average molecular weight is 445 g/mol. The second-order valence-electron chi connectivity index (χ2n) is 7.02. The quantitative estimate of drug-likeness (QED) is 0.272. The number of carbonyl (C=O) groups excluding carboxylic acids is 1. The van der Waals surface area contributed by atoms with Gasteiger partial charge in [0.25, 0.3) is 0 Å². The zero-order chi connectivity index (χ0) is 22.7. The predicted octanol–water partition coefficient (Wildman–Crippen LogP) is 6.18. The smallest absolute Gasteiger partial charge is 0.335 e. The number of allylic oxidation sites excluding steroid dienone is 1. The van der Waals surface area contributed by atoms with Crippen LogP contribution >= 0.6 is 11.3 Å². The van der Waals surface area contributed by atoms with E-state index in [9.17, 15) is 9.59 Å². The van der Waals surface area contributed by atoms with Crippen LogP contribution in [0.4, 0.5) is 0 Å². The maximum absolute atomic E-state index is 12.7. The normalized spacial score (nSPS) is 11.1. The first-order valence-electron chi connectivity index (χ1n) is 9.81. The van der Waals surface area contributed by atoms with Gasteiger partial charge >= 0.3 is 5.97 Å². The fourth-order valence-electron chi connectivity index (χ4n) is 3.41. The lowest BCUT2D eigenvalue weighted by molar-refractivity contribution is 0.0696. The van der Waals surface area contributed by atoms with Crippen LogP contribution in [0.2, 0.25) is 0 Å². The molecular weight excluding hydrogens is 424 g/mol. The molecule has 5 nitrogen and oxygen atoms in total. The highest BCUT2D eigenvalue weighted by Gasteiger charge is 2.15. The number of methoxy groups -OCH3 is 2. The minimum absolute atomic E-state index is 0.134. The molecule has 0 fully saturated rings. The van der Waals surface area contributed by atoms with Crippen molar-refractivity contribution in [3.8, 4) is 21.9 Å². The van der Waals surface area contributed by atoms with Crippen molar-refractivity contribution in [2.24, 2.45) is 0 Å². The van der Waals surface area contributed by atoms with Crippen molar-refractivity contribution in [2.45, 2.75) is 0 Å². The number of hydrogen-bond acceptors (Lipinski definition) is 5. The van der Waals surface area contributed by atoms with Gasteiger partial charge in [-0.25, -0.2) is 4.79 Å². The molecule has 4 rings (SSSR count). The molecule has 160 valence electrons. The largest absolute Gasteiger partial charge is 0.497 e. The van der Waals surface area contributed by atoms with Gasteiger partial charge < -0.3 is 14.6 Å². The van der Waals surface area contributed by atoms with Crippen LogP contribution in [0.5, 0.6) is 11.5 Å². The Labute approximate surface area is 189 Å². The van der Waals surface area contributed by atoms with Crippen molar-refractivity contribution < 1.29 is 24.2 Å². The summed E-state index contributed by atoms with van der Waals surface area (Å²) in [7, 11) is 3.18. The van der Waals surface area contributed by atoms with Crippen molar-refractivity contribution in [2.75, 3.05) is 14.2 Å². The molecule has 1 aromatic heterocycles. The Morgan fingerprint density at radius 3 is 2.28 bits per heavy atom. The number of benzene rings is 3. The van der Waals surface area contributed by atoms with Gasteiger partial charge in [-0.1, -0.05) is 30.3 Å². The molecule has 0 radical (unpaired) electrons. The first-order chi connectivity index (χ1) is 15.5. The summed E-state index contributed by atoms with van der Waals surface area (Å²) in [6.45, 7) is 0. The zero-order valence-corrected chi connectivity index (χ0v) is 18.3. The summed E-state index contributed by atoms with van der Waals surface area (Å²) in [5.41, 5.74) is 2.19. The molecule has 32 heavy (non-hydrogen) atoms. The molecule has 0 aliphatic heterocycles. The van der Waals surface area contributed by atoms with Crippen molar-refractivity contribution >= 4 is 39.3 Å². The van der Waals surface area contributed by atoms with Gasteiger partial charge in [0.1, 0.15) is 11.5 Å². The third-order valence-electron chi connectivity index (χ3n) is 5.08. The number of carbonyl (C=O) groups is 2. The van der Waals surface area contributed by atoms with Crippen LogP contribution in [-0.4, -0.2) is 31.1 Å². The van der Waals surface area contributed by atoms with Crippen molar-refractivity contribution in [1.82, 2.24) is 0 Å². The first kappa shape index (κ1) is 21.3. The number of ketones is 1. The summed E-state index contributed by atoms with van der Waals surface area (Å²) in [4.78, 5) is 24.8. The number of carboxylic acid groups (broad SMARTS) is 1. The number of ether oxygens (including phenoxy) is 2. The Morgan fingerprint density at radius 2 is 1.62 bits per heavy atom. The molecule has 0 aliphatic carbocycles. The van der Waals surface area contributed by atoms with Crippen LogP contribution in [0.15, 0.2) is 72.8 Å². The molecule has 0 unspecified atom stereocenters. The minimum atomic E-state index is -1.03. The van der Waals surface area contributed by atoms with Gasteiger partial charge in [-0.3, -0.25) is 4.79 Å². The van der Waals surface area contributed by atoms with E-state index in [0.717, 1.165) is 26.1 Å². The number of thiophene rings is 1. The number of rotatable bonds is 7. The van der Waals surface area contributed by atoms with Gasteiger partial charge in [0.05, 0.1) is 19.8 Å². The standard InChI is InChI=1S/C26H20O5S/c1-30-19-14-21(25-13-18-5-3-4-6-24(18)32-25)20(23(15-19)31-2)11-12-22(27)16-7-9-17(10-8-16)26(28)29/h3-15H,1-2H3,(H,28,29)/b12-11+. The molecule has 6 heteroatoms. The van der Waals surface area contributed by atoms with Crippen molar-refractivity contribution in [1.29, 1.82) is 0 Å². The summed E-state index contributed by atoms with van der Waals surface area (Å²) in [6.07, 6.45) is 3.20. The van der Waals surface area contributed by atoms with Crippen LogP contribution in [0.3, 0.4) is 0 Å². The van der Waals surface area contributed by atoms with Gasteiger partial charge in [-0.2, -0.15) is 0 Å². The molecule has 0 bridgehead atoms. The van der Waals surface area contributed by atoms with E-state index in [-0.39, 0.29) is 11.3 Å². The highest BCUT2D eigenvalue weighted by Crippen LogP contribution is 2.41. The molecule has 1 heterocycles. The Bertz CT molecular complexity index is 1300. The highest BCUT2D eigenvalue weighted by molar-refractivity contribution is 7.22. The van der Waals surface area contributed by atoms with Gasteiger partial charge in [-0.15, -0.1) is 11.3 Å². The number of carboxylic acids is 1. The summed E-state index contributed by atoms with van der Waals surface area (Å²) >= 11 is 1.65. The Hall–Kier alpha value is -3.90. The lowest BCUT2D eigenvalue weighted by atomic mass is 10.0. The Kier molecular flexibility index (Phi) is 6.05. The van der Waals surface area contributed by atoms with Gasteiger partial charge in [0.2, 0.25) is 0 Å². The Morgan fingerprint density at radius 1 is 0.906 bits per heavy atom. The van der Waals surface area contributed by atoms with Crippen molar-refractivity contribution in [3.05, 3.63) is 89.5 Å². The minimum Gasteiger partial charge on any atom is -0.497 e. The third-order valence-corrected chi connectivity index (χ3v) is 6.23. The van der Waals surface area contributed by atoms with E-state index in [0.29, 0.717) is 17.1 Å². The van der Waals surface area contributed by atoms with Gasteiger partial charge in [0.15, 0.2) is 5.78 Å². The summed E-state index contributed by atoms with van der Waals surface area (Å²) in [5, 5.41) is 10.2. The number of fused-ring (bicyclic) bond motifs is 1. The van der Waals surface area contributed by atoms with Crippen LogP contribution in [-0.2, 0) is 0 Å². The van der Waals surface area contributed by atoms with E-state index in [1.54, 1.807) is 37.7 Å². The van der Waals surface area contributed by atoms with Crippen molar-refractivity contribution in [3.63, 3.8) is 0 Å². The average Bonchev–Trinajstić information content (AvgIpc) is 3.26. The SMILES string of the molecule is COc1cc(OC)c(/C=C/C(=O)c2ccc(C(=O)O)cc2)c(-c2cc3ccccc3s2)c1. The van der Waals surface area contributed by atoms with E-state index >= 15 is 0 Å². The van der Waals surface area contributed by atoms with E-state index < -0.39 is 5.97 Å². The second kappa shape index (κ2) is 9.08.